The number of nitrogens with zero attached hydrogens (tertiary/aromatic N) is 1. The smallest absolute Gasteiger partial charge is 0.289 e. The average Bonchev–Trinajstić information content (AvgIpc) is 2.04. The van der Waals surface area contributed by atoms with Crippen LogP contribution in [0.15, 0.2) is 0 Å². The Labute approximate surface area is 88.7 Å². The monoisotopic (exact) mass is 217 g/mol. The van der Waals surface area contributed by atoms with Gasteiger partial charge in [0.15, 0.2) is 0 Å². The normalized spacial score (nSPS) is 10.2. The van der Waals surface area contributed by atoms with E-state index < -0.39 is 0 Å². The zero-order valence-electron chi connectivity index (χ0n) is 9.54. The highest BCUT2D eigenvalue weighted by molar-refractivity contribution is 7.17. The van der Waals surface area contributed by atoms with Gasteiger partial charge in [-0.3, -0.25) is 4.52 Å². The van der Waals surface area contributed by atoms with E-state index in [-0.39, 0.29) is 14.3 Å². The quantitative estimate of drug-likeness (QED) is 0.526. The Balaban J connectivity index is 0. The van der Waals surface area contributed by atoms with E-state index in [0.29, 0.717) is 0 Å². The van der Waals surface area contributed by atoms with Crippen LogP contribution in [-0.4, -0.2) is 5.60 Å². The van der Waals surface area contributed by atoms with Crippen molar-refractivity contribution in [1.29, 1.82) is 5.26 Å². The maximum absolute atomic E-state index is 9.70. The first kappa shape index (κ1) is 16.0. The van der Waals surface area contributed by atoms with Crippen molar-refractivity contribution in [2.45, 2.75) is 59.0 Å². The van der Waals surface area contributed by atoms with Crippen LogP contribution in [0.2, 0.25) is 0 Å². The molecule has 0 aromatic heterocycles. The number of nitriles is 1. The van der Waals surface area contributed by atoms with Gasteiger partial charge in [-0.2, -0.15) is 5.26 Å². The lowest BCUT2D eigenvalue weighted by Crippen LogP contribution is -2.12. The summed E-state index contributed by atoms with van der Waals surface area (Å²) in [5, 5.41) is 8.04. The van der Waals surface area contributed by atoms with Crippen LogP contribution >= 0.6 is 8.69 Å². The lowest BCUT2D eigenvalue weighted by molar-refractivity contribution is 0.151. The molecule has 0 aromatic rings. The SMILES string of the molecule is CC(C)(C)OP=O.CCCCCC#N. The Hall–Kier alpha value is -0.450. The van der Waals surface area contributed by atoms with Crippen molar-refractivity contribution in [3.63, 3.8) is 0 Å². The standard InChI is InChI=1S/C6H11N.C4H9O2P/c1-2-3-4-5-6-7;1-4(2,3)6-7-5/h2-5H2,1H3;1-3H3. The van der Waals surface area contributed by atoms with E-state index >= 15 is 0 Å². The molecule has 0 amide bonds. The van der Waals surface area contributed by atoms with Crippen molar-refractivity contribution in [3.05, 3.63) is 0 Å². The molecule has 0 radical (unpaired) electrons. The average molecular weight is 217 g/mol. The van der Waals surface area contributed by atoms with E-state index in [2.05, 4.69) is 17.5 Å². The molecule has 0 aliphatic rings. The molecule has 0 fully saturated rings. The number of hydrogen-bond acceptors (Lipinski definition) is 3. The Morgan fingerprint density at radius 2 is 1.93 bits per heavy atom. The maximum Gasteiger partial charge on any atom is 0.327 e. The summed E-state index contributed by atoms with van der Waals surface area (Å²) in [5.41, 5.74) is -0.274. The van der Waals surface area contributed by atoms with Crippen LogP contribution in [0.5, 0.6) is 0 Å². The van der Waals surface area contributed by atoms with Gasteiger partial charge in [0.1, 0.15) is 0 Å². The van der Waals surface area contributed by atoms with Gasteiger partial charge in [-0.15, -0.1) is 0 Å². The molecule has 4 heteroatoms. The van der Waals surface area contributed by atoms with Crippen LogP contribution in [0.4, 0.5) is 0 Å². The summed E-state index contributed by atoms with van der Waals surface area (Å²) in [7, 11) is -0.241. The Morgan fingerprint density at radius 1 is 1.36 bits per heavy atom. The van der Waals surface area contributed by atoms with E-state index in [9.17, 15) is 4.57 Å². The van der Waals surface area contributed by atoms with Gasteiger partial charge in [0.25, 0.3) is 0 Å². The van der Waals surface area contributed by atoms with Crippen molar-refractivity contribution < 1.29 is 9.09 Å². The minimum absolute atomic E-state index is 0.241. The van der Waals surface area contributed by atoms with Crippen molar-refractivity contribution in [3.8, 4) is 6.07 Å². The Kier molecular flexibility index (Phi) is 12.1. The molecule has 0 aliphatic heterocycles. The first-order chi connectivity index (χ1) is 6.47. The van der Waals surface area contributed by atoms with Crippen molar-refractivity contribution >= 4 is 8.69 Å². The molecular weight excluding hydrogens is 197 g/mol. The fraction of sp³-hybridized carbons (Fsp3) is 0.900. The van der Waals surface area contributed by atoms with Crippen LogP contribution in [0.1, 0.15) is 53.4 Å². The zero-order valence-corrected chi connectivity index (χ0v) is 10.4. The summed E-state index contributed by atoms with van der Waals surface area (Å²) in [6, 6.07) is 2.10. The minimum atomic E-state index is -0.274. The third-order valence-electron chi connectivity index (χ3n) is 1.20. The molecule has 0 bridgehead atoms. The van der Waals surface area contributed by atoms with Crippen molar-refractivity contribution in [2.75, 3.05) is 0 Å². The van der Waals surface area contributed by atoms with E-state index in [1.165, 1.54) is 12.8 Å². The summed E-state index contributed by atoms with van der Waals surface area (Å²) >= 11 is 0. The second kappa shape index (κ2) is 10.6. The molecular formula is C10H20NO2P. The number of unbranched alkanes of at least 4 members (excludes halogenated alkanes) is 3. The summed E-state index contributed by atoms with van der Waals surface area (Å²) < 4.78 is 14.3. The molecule has 3 nitrogen and oxygen atoms in total. The Bertz CT molecular complexity index is 170. The van der Waals surface area contributed by atoms with E-state index in [1.807, 2.05) is 20.8 Å². The molecule has 0 aliphatic carbocycles. The summed E-state index contributed by atoms with van der Waals surface area (Å²) in [4.78, 5) is 0. The maximum atomic E-state index is 9.70. The first-order valence-corrected chi connectivity index (χ1v) is 5.58. The summed E-state index contributed by atoms with van der Waals surface area (Å²) in [6.45, 7) is 7.67. The number of hydrogen-bond donors (Lipinski definition) is 0. The van der Waals surface area contributed by atoms with E-state index in [0.717, 1.165) is 12.8 Å². The fourth-order valence-corrected chi connectivity index (χ4v) is 0.789. The Morgan fingerprint density at radius 3 is 2.14 bits per heavy atom. The van der Waals surface area contributed by atoms with Gasteiger partial charge in [0, 0.05) is 6.42 Å². The lowest BCUT2D eigenvalue weighted by atomic mass is 10.2. The molecule has 82 valence electrons. The molecule has 0 unspecified atom stereocenters. The predicted molar refractivity (Wildman–Crippen MR) is 58.2 cm³/mol. The van der Waals surface area contributed by atoms with Gasteiger partial charge in [0.2, 0.25) is 0 Å². The van der Waals surface area contributed by atoms with Crippen molar-refractivity contribution in [1.82, 2.24) is 0 Å². The highest BCUT2D eigenvalue weighted by atomic mass is 31.1. The predicted octanol–water partition coefficient (Wildman–Crippen LogP) is 4.10. The van der Waals surface area contributed by atoms with E-state index in [1.54, 1.807) is 0 Å². The molecule has 14 heavy (non-hydrogen) atoms. The van der Waals surface area contributed by atoms with E-state index in [4.69, 9.17) is 5.26 Å². The molecule has 0 spiro atoms. The third kappa shape index (κ3) is 22.6. The van der Waals surface area contributed by atoms with Crippen molar-refractivity contribution in [2.24, 2.45) is 0 Å². The van der Waals surface area contributed by atoms with Gasteiger partial charge in [-0.1, -0.05) is 19.8 Å². The molecule has 0 heterocycles. The van der Waals surface area contributed by atoms with Crippen LogP contribution in [0.3, 0.4) is 0 Å². The van der Waals surface area contributed by atoms with Crippen LogP contribution in [0, 0.1) is 11.3 Å². The highest BCUT2D eigenvalue weighted by Crippen LogP contribution is 2.13. The summed E-state index contributed by atoms with van der Waals surface area (Å²) in [5.74, 6) is 0. The second-order valence-corrected chi connectivity index (χ2v) is 4.23. The third-order valence-corrected chi connectivity index (χ3v) is 1.83. The summed E-state index contributed by atoms with van der Waals surface area (Å²) in [6.07, 6.45) is 4.22. The van der Waals surface area contributed by atoms with Crippen LogP contribution in [-0.2, 0) is 9.09 Å². The second-order valence-electron chi connectivity index (χ2n) is 3.89. The van der Waals surface area contributed by atoms with Crippen LogP contribution < -0.4 is 0 Å². The van der Waals surface area contributed by atoms with Gasteiger partial charge < -0.3 is 0 Å². The molecule has 0 saturated carbocycles. The minimum Gasteiger partial charge on any atom is -0.289 e. The topological polar surface area (TPSA) is 50.1 Å². The molecule has 0 N–H and O–H groups in total. The lowest BCUT2D eigenvalue weighted by Gasteiger charge is -2.11. The van der Waals surface area contributed by atoms with Gasteiger partial charge >= 0.3 is 8.69 Å². The molecule has 0 saturated heterocycles. The van der Waals surface area contributed by atoms with Gasteiger partial charge in [-0.05, 0) is 27.2 Å². The van der Waals surface area contributed by atoms with Gasteiger partial charge in [0.05, 0.1) is 11.7 Å². The van der Waals surface area contributed by atoms with Crippen LogP contribution in [0.25, 0.3) is 0 Å². The van der Waals surface area contributed by atoms with Gasteiger partial charge in [-0.25, -0.2) is 4.57 Å². The molecule has 0 atom stereocenters. The molecule has 0 aromatic carbocycles. The zero-order chi connectivity index (χ0) is 11.4. The largest absolute Gasteiger partial charge is 0.327 e. The highest BCUT2D eigenvalue weighted by Gasteiger charge is 2.08. The first-order valence-electron chi connectivity index (χ1n) is 4.85. The fourth-order valence-electron chi connectivity index (χ4n) is 0.566. The number of rotatable bonds is 4. The molecule has 0 rings (SSSR count).